The van der Waals surface area contributed by atoms with Crippen molar-refractivity contribution >= 4 is 23.2 Å². The maximum Gasteiger partial charge on any atom is 0.265 e. The van der Waals surface area contributed by atoms with Crippen molar-refractivity contribution in [1.29, 1.82) is 0 Å². The molecule has 5 nitrogen and oxygen atoms in total. The minimum atomic E-state index is -0.591. The lowest BCUT2D eigenvalue weighted by Gasteiger charge is -2.38. The number of hydrogen-bond acceptors (Lipinski definition) is 4. The summed E-state index contributed by atoms with van der Waals surface area (Å²) in [7, 11) is 0. The van der Waals surface area contributed by atoms with Crippen LogP contribution in [0, 0.1) is 6.92 Å². The van der Waals surface area contributed by atoms with Crippen molar-refractivity contribution in [1.82, 2.24) is 14.8 Å². The first kappa shape index (κ1) is 21.2. The molecule has 0 saturated carbocycles. The first-order chi connectivity index (χ1) is 14.9. The van der Waals surface area contributed by atoms with Crippen molar-refractivity contribution in [2.24, 2.45) is 0 Å². The molecule has 4 rings (SSSR count). The third kappa shape index (κ3) is 4.26. The van der Waals surface area contributed by atoms with E-state index < -0.39 is 5.41 Å². The number of thiazole rings is 1. The van der Waals surface area contributed by atoms with Gasteiger partial charge in [-0.15, -0.1) is 11.3 Å². The van der Waals surface area contributed by atoms with E-state index >= 15 is 0 Å². The number of rotatable bonds is 4. The zero-order chi connectivity index (χ0) is 22.0. The van der Waals surface area contributed by atoms with Gasteiger partial charge in [-0.2, -0.15) is 0 Å². The van der Waals surface area contributed by atoms with E-state index in [9.17, 15) is 9.59 Å². The second-order valence-electron chi connectivity index (χ2n) is 8.38. The number of piperazine rings is 1. The van der Waals surface area contributed by atoms with Crippen LogP contribution >= 0.6 is 11.3 Å². The lowest BCUT2D eigenvalue weighted by molar-refractivity contribution is -0.137. The summed E-state index contributed by atoms with van der Waals surface area (Å²) in [6, 6.07) is 19.8. The van der Waals surface area contributed by atoms with Crippen LogP contribution in [-0.4, -0.2) is 52.8 Å². The minimum absolute atomic E-state index is 0.00611. The van der Waals surface area contributed by atoms with Crippen molar-refractivity contribution in [2.75, 3.05) is 26.2 Å². The number of benzene rings is 2. The SMILES string of the molecule is Cc1nc(-c2ccccc2)sc1C(=O)N1CCN(C(=O)C(C)(C)c2ccccc2)CC1. The van der Waals surface area contributed by atoms with Crippen molar-refractivity contribution in [3.8, 4) is 10.6 Å². The predicted molar refractivity (Wildman–Crippen MR) is 124 cm³/mol. The summed E-state index contributed by atoms with van der Waals surface area (Å²) in [4.78, 5) is 35.4. The van der Waals surface area contributed by atoms with E-state index in [0.717, 1.165) is 21.8 Å². The monoisotopic (exact) mass is 433 g/mol. The molecule has 0 spiro atoms. The van der Waals surface area contributed by atoms with Crippen LogP contribution in [0.5, 0.6) is 0 Å². The molecule has 1 saturated heterocycles. The van der Waals surface area contributed by atoms with Gasteiger partial charge in [0.05, 0.1) is 11.1 Å². The highest BCUT2D eigenvalue weighted by atomic mass is 32.1. The highest BCUT2D eigenvalue weighted by Crippen LogP contribution is 2.30. The fourth-order valence-corrected chi connectivity index (χ4v) is 4.97. The van der Waals surface area contributed by atoms with E-state index in [2.05, 4.69) is 4.98 Å². The molecule has 31 heavy (non-hydrogen) atoms. The van der Waals surface area contributed by atoms with Gasteiger partial charge in [0.2, 0.25) is 5.91 Å². The summed E-state index contributed by atoms with van der Waals surface area (Å²) in [6.07, 6.45) is 0. The predicted octanol–water partition coefficient (Wildman–Crippen LogP) is 4.38. The topological polar surface area (TPSA) is 53.5 Å². The first-order valence-electron chi connectivity index (χ1n) is 10.5. The van der Waals surface area contributed by atoms with Gasteiger partial charge in [-0.25, -0.2) is 4.98 Å². The summed E-state index contributed by atoms with van der Waals surface area (Å²) in [6.45, 7) is 7.98. The van der Waals surface area contributed by atoms with Crippen LogP contribution in [0.3, 0.4) is 0 Å². The average molecular weight is 434 g/mol. The van der Waals surface area contributed by atoms with E-state index in [0.29, 0.717) is 31.1 Å². The molecule has 6 heteroatoms. The Bertz CT molecular complexity index is 1070. The molecule has 1 aromatic heterocycles. The highest BCUT2D eigenvalue weighted by molar-refractivity contribution is 7.17. The maximum absolute atomic E-state index is 13.2. The van der Waals surface area contributed by atoms with Crippen molar-refractivity contribution in [2.45, 2.75) is 26.2 Å². The summed E-state index contributed by atoms with van der Waals surface area (Å²) in [5.74, 6) is 0.109. The Morgan fingerprint density at radius 1 is 0.871 bits per heavy atom. The second kappa shape index (κ2) is 8.63. The van der Waals surface area contributed by atoms with Gasteiger partial charge in [0.15, 0.2) is 0 Å². The largest absolute Gasteiger partial charge is 0.338 e. The van der Waals surface area contributed by atoms with Crippen LogP contribution in [0.2, 0.25) is 0 Å². The molecule has 160 valence electrons. The number of carbonyl (C=O) groups excluding carboxylic acids is 2. The highest BCUT2D eigenvalue weighted by Gasteiger charge is 2.36. The summed E-state index contributed by atoms with van der Waals surface area (Å²) >= 11 is 1.44. The fourth-order valence-electron chi connectivity index (χ4n) is 3.93. The molecule has 3 aromatic rings. The Morgan fingerprint density at radius 2 is 1.42 bits per heavy atom. The maximum atomic E-state index is 13.2. The van der Waals surface area contributed by atoms with Gasteiger partial charge >= 0.3 is 0 Å². The molecule has 2 aromatic carbocycles. The van der Waals surface area contributed by atoms with Crippen molar-refractivity contribution < 1.29 is 9.59 Å². The number of carbonyl (C=O) groups is 2. The van der Waals surface area contributed by atoms with Crippen molar-refractivity contribution in [3.05, 3.63) is 76.8 Å². The van der Waals surface area contributed by atoms with E-state index in [-0.39, 0.29) is 11.8 Å². The smallest absolute Gasteiger partial charge is 0.265 e. The number of hydrogen-bond donors (Lipinski definition) is 0. The quantitative estimate of drug-likeness (QED) is 0.614. The normalized spacial score (nSPS) is 14.5. The summed E-state index contributed by atoms with van der Waals surface area (Å²) in [5, 5.41) is 0.861. The lowest BCUT2D eigenvalue weighted by atomic mass is 9.83. The van der Waals surface area contributed by atoms with Gasteiger partial charge in [0.25, 0.3) is 5.91 Å². The Hall–Kier alpha value is -2.99. The average Bonchev–Trinajstić information content (AvgIpc) is 3.21. The molecule has 0 N–H and O–H groups in total. The fraction of sp³-hybridized carbons (Fsp3) is 0.320. The van der Waals surface area contributed by atoms with Gasteiger partial charge in [0.1, 0.15) is 9.88 Å². The van der Waals surface area contributed by atoms with Crippen LogP contribution < -0.4 is 0 Å². The number of aryl methyl sites for hydroxylation is 1. The summed E-state index contributed by atoms with van der Waals surface area (Å²) < 4.78 is 0. The molecule has 1 fully saturated rings. The van der Waals surface area contributed by atoms with E-state index in [1.165, 1.54) is 11.3 Å². The van der Waals surface area contributed by atoms with E-state index in [1.54, 1.807) is 0 Å². The zero-order valence-electron chi connectivity index (χ0n) is 18.2. The van der Waals surface area contributed by atoms with Crippen LogP contribution in [0.4, 0.5) is 0 Å². The van der Waals surface area contributed by atoms with Gasteiger partial charge in [0, 0.05) is 31.7 Å². The molecule has 0 bridgehead atoms. The molecule has 0 radical (unpaired) electrons. The number of amides is 2. The van der Waals surface area contributed by atoms with E-state index in [4.69, 9.17) is 0 Å². The summed E-state index contributed by atoms with van der Waals surface area (Å²) in [5.41, 5.74) is 2.20. The molecule has 0 aliphatic carbocycles. The molecule has 0 unspecified atom stereocenters. The Morgan fingerprint density at radius 3 is 2.03 bits per heavy atom. The molecule has 1 aliphatic heterocycles. The Labute approximate surface area is 187 Å². The van der Waals surface area contributed by atoms with Gasteiger partial charge in [-0.1, -0.05) is 60.7 Å². The number of nitrogens with zero attached hydrogens (tertiary/aromatic N) is 3. The van der Waals surface area contributed by atoms with Crippen molar-refractivity contribution in [3.63, 3.8) is 0 Å². The van der Waals surface area contributed by atoms with Gasteiger partial charge in [-0.05, 0) is 26.3 Å². The minimum Gasteiger partial charge on any atom is -0.338 e. The van der Waals surface area contributed by atoms with Gasteiger partial charge < -0.3 is 9.80 Å². The Kier molecular flexibility index (Phi) is 5.92. The van der Waals surface area contributed by atoms with Crippen LogP contribution in [0.25, 0.3) is 10.6 Å². The third-order valence-electron chi connectivity index (χ3n) is 5.90. The standard InChI is InChI=1S/C25H27N3O2S/c1-18-21(31-22(26-18)19-10-6-4-7-11-19)23(29)27-14-16-28(17-15-27)24(30)25(2,3)20-12-8-5-9-13-20/h4-13H,14-17H2,1-3H3. The van der Waals surface area contributed by atoms with Crippen LogP contribution in [0.15, 0.2) is 60.7 Å². The lowest BCUT2D eigenvalue weighted by Crippen LogP contribution is -2.54. The third-order valence-corrected chi connectivity index (χ3v) is 7.09. The molecule has 2 amide bonds. The molecule has 2 heterocycles. The number of aromatic nitrogens is 1. The zero-order valence-corrected chi connectivity index (χ0v) is 19.0. The second-order valence-corrected chi connectivity index (χ2v) is 9.37. The van der Waals surface area contributed by atoms with Gasteiger partial charge in [-0.3, -0.25) is 9.59 Å². The molecular weight excluding hydrogens is 406 g/mol. The van der Waals surface area contributed by atoms with Crippen LogP contribution in [0.1, 0.15) is 34.8 Å². The van der Waals surface area contributed by atoms with Crippen LogP contribution in [-0.2, 0) is 10.2 Å². The molecule has 0 atom stereocenters. The first-order valence-corrected chi connectivity index (χ1v) is 11.4. The Balaban J connectivity index is 1.43. The molecular formula is C25H27N3O2S. The molecule has 1 aliphatic rings. The van der Waals surface area contributed by atoms with E-state index in [1.807, 2.05) is 91.2 Å².